The van der Waals surface area contributed by atoms with Crippen molar-refractivity contribution in [3.05, 3.63) is 28.4 Å². The number of carboxylic acids is 1. The Hall–Kier alpha value is -1.65. The highest BCUT2D eigenvalue weighted by Crippen LogP contribution is 1.91. The fourth-order valence-electron chi connectivity index (χ4n) is 0.763. The van der Waals surface area contributed by atoms with Crippen molar-refractivity contribution in [2.45, 2.75) is 12.8 Å². The smallest absolute Gasteiger partial charge is 0.303 e. The third-order valence-corrected chi connectivity index (χ3v) is 1.30. The molecule has 5 nitrogen and oxygen atoms in total. The first kappa shape index (κ1) is 8.45. The summed E-state index contributed by atoms with van der Waals surface area (Å²) in [7, 11) is 0. The van der Waals surface area contributed by atoms with Crippen LogP contribution in [-0.2, 0) is 11.2 Å². The number of hydrogen-bond acceptors (Lipinski definition) is 3. The van der Waals surface area contributed by atoms with Crippen LogP contribution in [0.25, 0.3) is 0 Å². The Kier molecular flexibility index (Phi) is 2.57. The van der Waals surface area contributed by atoms with Gasteiger partial charge in [0.1, 0.15) is 5.82 Å². The number of aliphatic carboxylic acids is 1. The number of carbonyl (C=O) groups is 1. The number of nitrogens with zero attached hydrogens (tertiary/aromatic N) is 1. The van der Waals surface area contributed by atoms with Crippen molar-refractivity contribution >= 4 is 5.97 Å². The monoisotopic (exact) mass is 168 g/mol. The zero-order valence-corrected chi connectivity index (χ0v) is 6.28. The summed E-state index contributed by atoms with van der Waals surface area (Å²) in [5.41, 5.74) is -0.259. The van der Waals surface area contributed by atoms with Crippen molar-refractivity contribution in [1.29, 1.82) is 0 Å². The zero-order chi connectivity index (χ0) is 8.97. The zero-order valence-electron chi connectivity index (χ0n) is 6.28. The van der Waals surface area contributed by atoms with Crippen LogP contribution >= 0.6 is 0 Å². The highest BCUT2D eigenvalue weighted by molar-refractivity contribution is 5.66. The molecule has 12 heavy (non-hydrogen) atoms. The molecule has 0 spiro atoms. The first-order valence-electron chi connectivity index (χ1n) is 3.44. The minimum absolute atomic E-state index is 0.0209. The number of nitrogens with one attached hydrogen (secondary N) is 1. The Morgan fingerprint density at radius 1 is 1.67 bits per heavy atom. The summed E-state index contributed by atoms with van der Waals surface area (Å²) in [6.07, 6.45) is 1.59. The van der Waals surface area contributed by atoms with Gasteiger partial charge in [-0.05, 0) is 0 Å². The Balaban J connectivity index is 2.64. The van der Waals surface area contributed by atoms with Gasteiger partial charge in [-0.3, -0.25) is 9.59 Å². The van der Waals surface area contributed by atoms with Crippen LogP contribution in [0.4, 0.5) is 0 Å². The molecule has 0 amide bonds. The van der Waals surface area contributed by atoms with Gasteiger partial charge in [-0.15, -0.1) is 0 Å². The molecule has 1 heterocycles. The summed E-state index contributed by atoms with van der Waals surface area (Å²) in [5.74, 6) is -0.494. The maximum atomic E-state index is 10.7. The summed E-state index contributed by atoms with van der Waals surface area (Å²) >= 11 is 0. The lowest BCUT2D eigenvalue weighted by Crippen LogP contribution is -2.10. The molecule has 0 bridgehead atoms. The maximum absolute atomic E-state index is 10.7. The largest absolute Gasteiger partial charge is 0.481 e. The molecule has 64 valence electrons. The fourth-order valence-corrected chi connectivity index (χ4v) is 0.763. The molecule has 0 aromatic carbocycles. The molecule has 0 atom stereocenters. The van der Waals surface area contributed by atoms with Gasteiger partial charge in [0.15, 0.2) is 0 Å². The molecule has 2 N–H and O–H groups in total. The number of carboxylic acid groups (broad SMARTS) is 1. The lowest BCUT2D eigenvalue weighted by atomic mass is 10.3. The van der Waals surface area contributed by atoms with E-state index in [1.807, 2.05) is 0 Å². The fraction of sp³-hybridized carbons (Fsp3) is 0.286. The Labute approximate surface area is 68.1 Å². The van der Waals surface area contributed by atoms with Crippen molar-refractivity contribution in [1.82, 2.24) is 9.97 Å². The predicted octanol–water partition coefficient (Wildman–Crippen LogP) is -0.213. The molecule has 1 aromatic heterocycles. The summed E-state index contributed by atoms with van der Waals surface area (Å²) in [4.78, 5) is 27.1. The van der Waals surface area contributed by atoms with E-state index in [0.29, 0.717) is 5.82 Å². The van der Waals surface area contributed by atoms with Crippen LogP contribution in [0.2, 0.25) is 0 Å². The van der Waals surface area contributed by atoms with E-state index < -0.39 is 5.97 Å². The van der Waals surface area contributed by atoms with E-state index in [0.717, 1.165) is 0 Å². The first-order valence-corrected chi connectivity index (χ1v) is 3.44. The van der Waals surface area contributed by atoms with Gasteiger partial charge in [-0.25, -0.2) is 4.98 Å². The van der Waals surface area contributed by atoms with Crippen molar-refractivity contribution < 1.29 is 9.90 Å². The normalized spacial score (nSPS) is 9.67. The van der Waals surface area contributed by atoms with Crippen LogP contribution < -0.4 is 5.56 Å². The van der Waals surface area contributed by atoms with E-state index in [1.165, 1.54) is 12.3 Å². The van der Waals surface area contributed by atoms with Gasteiger partial charge in [-0.1, -0.05) is 0 Å². The molecule has 0 saturated carbocycles. The third kappa shape index (κ3) is 2.53. The van der Waals surface area contributed by atoms with E-state index in [-0.39, 0.29) is 18.4 Å². The second-order valence-electron chi connectivity index (χ2n) is 2.27. The molecule has 1 rings (SSSR count). The average Bonchev–Trinajstić information content (AvgIpc) is 2.01. The SMILES string of the molecule is O=C(O)CCc1nccc(=O)[nH]1. The minimum Gasteiger partial charge on any atom is -0.481 e. The Morgan fingerprint density at radius 3 is 3.00 bits per heavy atom. The number of rotatable bonds is 3. The topological polar surface area (TPSA) is 83.0 Å². The first-order chi connectivity index (χ1) is 5.68. The van der Waals surface area contributed by atoms with Crippen LogP contribution in [0, 0.1) is 0 Å². The lowest BCUT2D eigenvalue weighted by molar-refractivity contribution is -0.137. The average molecular weight is 168 g/mol. The number of aromatic nitrogens is 2. The van der Waals surface area contributed by atoms with Gasteiger partial charge in [0, 0.05) is 18.7 Å². The van der Waals surface area contributed by atoms with Gasteiger partial charge < -0.3 is 10.1 Å². The van der Waals surface area contributed by atoms with Crippen LogP contribution in [0.3, 0.4) is 0 Å². The van der Waals surface area contributed by atoms with Crippen molar-refractivity contribution in [3.63, 3.8) is 0 Å². The summed E-state index contributed by atoms with van der Waals surface area (Å²) in [6.45, 7) is 0. The number of hydrogen-bond donors (Lipinski definition) is 2. The van der Waals surface area contributed by atoms with Crippen LogP contribution in [0.5, 0.6) is 0 Å². The molecular formula is C7H8N2O3. The third-order valence-electron chi connectivity index (χ3n) is 1.30. The number of aryl methyl sites for hydroxylation is 1. The molecule has 0 aliphatic heterocycles. The maximum Gasteiger partial charge on any atom is 0.303 e. The highest BCUT2D eigenvalue weighted by atomic mass is 16.4. The quantitative estimate of drug-likeness (QED) is 0.654. The van der Waals surface area contributed by atoms with E-state index in [1.54, 1.807) is 0 Å². The van der Waals surface area contributed by atoms with Crippen LogP contribution in [0.1, 0.15) is 12.2 Å². The number of H-pyrrole nitrogens is 1. The molecule has 1 aromatic rings. The minimum atomic E-state index is -0.901. The molecule has 0 aliphatic carbocycles. The van der Waals surface area contributed by atoms with Crippen molar-refractivity contribution in [2.75, 3.05) is 0 Å². The summed E-state index contributed by atoms with van der Waals surface area (Å²) < 4.78 is 0. The highest BCUT2D eigenvalue weighted by Gasteiger charge is 1.99. The van der Waals surface area contributed by atoms with Crippen LogP contribution in [-0.4, -0.2) is 21.0 Å². The van der Waals surface area contributed by atoms with Gasteiger partial charge in [0.05, 0.1) is 6.42 Å². The number of aromatic amines is 1. The molecule has 0 fully saturated rings. The predicted molar refractivity (Wildman–Crippen MR) is 40.8 cm³/mol. The molecule has 0 saturated heterocycles. The summed E-state index contributed by atoms with van der Waals surface area (Å²) in [6, 6.07) is 1.28. The summed E-state index contributed by atoms with van der Waals surface area (Å²) in [5, 5.41) is 8.32. The van der Waals surface area contributed by atoms with Gasteiger partial charge in [0.2, 0.25) is 0 Å². The van der Waals surface area contributed by atoms with Gasteiger partial charge >= 0.3 is 5.97 Å². The second-order valence-corrected chi connectivity index (χ2v) is 2.27. The van der Waals surface area contributed by atoms with E-state index in [9.17, 15) is 9.59 Å². The molecule has 0 radical (unpaired) electrons. The van der Waals surface area contributed by atoms with Gasteiger partial charge in [0.25, 0.3) is 5.56 Å². The van der Waals surface area contributed by atoms with Crippen molar-refractivity contribution in [3.8, 4) is 0 Å². The second kappa shape index (κ2) is 3.66. The molecular weight excluding hydrogens is 160 g/mol. The van der Waals surface area contributed by atoms with E-state index in [2.05, 4.69) is 9.97 Å². The molecule has 0 unspecified atom stereocenters. The lowest BCUT2D eigenvalue weighted by Gasteiger charge is -1.94. The van der Waals surface area contributed by atoms with Crippen LogP contribution in [0.15, 0.2) is 17.1 Å². The van der Waals surface area contributed by atoms with Crippen molar-refractivity contribution in [2.24, 2.45) is 0 Å². The van der Waals surface area contributed by atoms with Gasteiger partial charge in [-0.2, -0.15) is 0 Å². The molecule has 0 aliphatic rings. The van der Waals surface area contributed by atoms with E-state index >= 15 is 0 Å². The Bertz CT molecular complexity index is 331. The molecule has 5 heteroatoms. The Morgan fingerprint density at radius 2 is 2.42 bits per heavy atom. The standard InChI is InChI=1S/C7H8N2O3/c10-6-3-4-8-5(9-6)1-2-7(11)12/h3-4H,1-2H2,(H,11,12)(H,8,9,10). The van der Waals surface area contributed by atoms with E-state index in [4.69, 9.17) is 5.11 Å².